The van der Waals surface area contributed by atoms with Crippen LogP contribution in [0.3, 0.4) is 0 Å². The Labute approximate surface area is 153 Å². The molecule has 2 N–H and O–H groups in total. The zero-order valence-corrected chi connectivity index (χ0v) is 15.1. The van der Waals surface area contributed by atoms with Crippen LogP contribution in [0.2, 0.25) is 0 Å². The van der Waals surface area contributed by atoms with Gasteiger partial charge in [0.05, 0.1) is 18.7 Å². The minimum atomic E-state index is -0.567. The molecule has 0 fully saturated rings. The summed E-state index contributed by atoms with van der Waals surface area (Å²) >= 11 is 3.36. The van der Waals surface area contributed by atoms with Gasteiger partial charge in [0.1, 0.15) is 28.9 Å². The Bertz CT molecular complexity index is 855. The molecule has 0 heterocycles. The van der Waals surface area contributed by atoms with Crippen molar-refractivity contribution in [2.75, 3.05) is 19.5 Å². The zero-order chi connectivity index (χ0) is 18.4. The van der Waals surface area contributed by atoms with Gasteiger partial charge in [-0.1, -0.05) is 0 Å². The summed E-state index contributed by atoms with van der Waals surface area (Å²) in [5.41, 5.74) is 0.919. The third-order valence-electron chi connectivity index (χ3n) is 3.29. The van der Waals surface area contributed by atoms with Crippen LogP contribution in [-0.4, -0.2) is 25.2 Å². The summed E-state index contributed by atoms with van der Waals surface area (Å²) in [5.74, 6) is 0.551. The summed E-state index contributed by atoms with van der Waals surface area (Å²) in [7, 11) is 3.02. The second-order valence-electron chi connectivity index (χ2n) is 4.90. The molecule has 0 aliphatic rings. The van der Waals surface area contributed by atoms with Gasteiger partial charge in [-0.05, 0) is 52.3 Å². The molecule has 128 valence electrons. The molecule has 0 radical (unpaired) electrons. The van der Waals surface area contributed by atoms with Gasteiger partial charge in [-0.25, -0.2) is 0 Å². The van der Waals surface area contributed by atoms with Gasteiger partial charge in [0.25, 0.3) is 5.91 Å². The number of nitrogens with one attached hydrogen (secondary N) is 1. The van der Waals surface area contributed by atoms with Gasteiger partial charge >= 0.3 is 0 Å². The van der Waals surface area contributed by atoms with E-state index >= 15 is 0 Å². The van der Waals surface area contributed by atoms with Crippen molar-refractivity contribution in [2.45, 2.75) is 0 Å². The van der Waals surface area contributed by atoms with Crippen LogP contribution in [0.15, 0.2) is 46.4 Å². The van der Waals surface area contributed by atoms with E-state index in [1.165, 1.54) is 44.6 Å². The molecule has 0 spiro atoms. The van der Waals surface area contributed by atoms with Crippen molar-refractivity contribution in [3.8, 4) is 23.3 Å². The predicted octanol–water partition coefficient (Wildman–Crippen LogP) is 3.72. The minimum Gasteiger partial charge on any atom is -0.508 e. The number of methoxy groups -OCH3 is 2. The Morgan fingerprint density at radius 2 is 1.84 bits per heavy atom. The van der Waals surface area contributed by atoms with Crippen LogP contribution in [0.1, 0.15) is 5.56 Å². The molecule has 0 aromatic heterocycles. The standard InChI is InChI=1S/C18H15BrN2O4/c1-24-16-9-17(25-2)15(19)8-11(16)7-12(10-20)18(23)21-13-3-5-14(22)6-4-13/h3-9,22H,1-2H3,(H,21,23)/b12-7+. The van der Waals surface area contributed by atoms with Gasteiger partial charge in [0.15, 0.2) is 0 Å². The number of rotatable bonds is 5. The Hall–Kier alpha value is -2.98. The first-order valence-electron chi connectivity index (χ1n) is 7.12. The summed E-state index contributed by atoms with van der Waals surface area (Å²) in [5, 5.41) is 21.2. The molecule has 2 aromatic rings. The Balaban J connectivity index is 2.33. The Kier molecular flexibility index (Phi) is 6.03. The van der Waals surface area contributed by atoms with Gasteiger partial charge < -0.3 is 19.9 Å². The van der Waals surface area contributed by atoms with Crippen LogP contribution in [-0.2, 0) is 4.79 Å². The van der Waals surface area contributed by atoms with Crippen molar-refractivity contribution in [3.05, 3.63) is 52.0 Å². The van der Waals surface area contributed by atoms with Crippen LogP contribution in [0.4, 0.5) is 5.69 Å². The molecule has 0 bridgehead atoms. The number of halogens is 1. The maximum atomic E-state index is 12.3. The number of hydrogen-bond acceptors (Lipinski definition) is 5. The number of amides is 1. The normalized spacial score (nSPS) is 10.7. The SMILES string of the molecule is COc1cc(OC)c(/C=C(\C#N)C(=O)Nc2ccc(O)cc2)cc1Br. The number of phenols is 1. The van der Waals surface area contributed by atoms with Gasteiger partial charge in [0.2, 0.25) is 0 Å². The van der Waals surface area contributed by atoms with E-state index in [0.29, 0.717) is 27.2 Å². The molecule has 0 unspecified atom stereocenters. The molecule has 0 aliphatic carbocycles. The van der Waals surface area contributed by atoms with E-state index in [1.807, 2.05) is 6.07 Å². The van der Waals surface area contributed by atoms with Gasteiger partial charge in [0, 0.05) is 17.3 Å². The first kappa shape index (κ1) is 18.4. The van der Waals surface area contributed by atoms with E-state index in [9.17, 15) is 15.2 Å². The van der Waals surface area contributed by atoms with E-state index in [4.69, 9.17) is 9.47 Å². The number of benzene rings is 2. The molecule has 2 rings (SSSR count). The van der Waals surface area contributed by atoms with Crippen LogP contribution < -0.4 is 14.8 Å². The average molecular weight is 403 g/mol. The van der Waals surface area contributed by atoms with Gasteiger partial charge in [-0.3, -0.25) is 4.79 Å². The van der Waals surface area contributed by atoms with Crippen LogP contribution in [0.5, 0.6) is 17.2 Å². The lowest BCUT2D eigenvalue weighted by Gasteiger charge is -2.10. The smallest absolute Gasteiger partial charge is 0.266 e. The van der Waals surface area contributed by atoms with Crippen molar-refractivity contribution in [3.63, 3.8) is 0 Å². The summed E-state index contributed by atoms with van der Waals surface area (Å²) in [4.78, 5) is 12.3. The number of anilines is 1. The number of nitriles is 1. The van der Waals surface area contributed by atoms with E-state index in [0.717, 1.165) is 0 Å². The molecule has 0 atom stereocenters. The molecule has 25 heavy (non-hydrogen) atoms. The van der Waals surface area contributed by atoms with Crippen molar-refractivity contribution in [2.24, 2.45) is 0 Å². The molecule has 7 heteroatoms. The van der Waals surface area contributed by atoms with Gasteiger partial charge in [-0.2, -0.15) is 5.26 Å². The minimum absolute atomic E-state index is 0.0851. The molecule has 0 saturated heterocycles. The number of phenolic OH excluding ortho intramolecular Hbond substituents is 1. The highest BCUT2D eigenvalue weighted by atomic mass is 79.9. The largest absolute Gasteiger partial charge is 0.508 e. The first-order valence-corrected chi connectivity index (χ1v) is 7.91. The topological polar surface area (TPSA) is 91.6 Å². The van der Waals surface area contributed by atoms with E-state index in [2.05, 4.69) is 21.2 Å². The Morgan fingerprint density at radius 1 is 1.20 bits per heavy atom. The quantitative estimate of drug-likeness (QED) is 0.451. The fourth-order valence-corrected chi connectivity index (χ4v) is 2.57. The third-order valence-corrected chi connectivity index (χ3v) is 3.91. The van der Waals surface area contributed by atoms with E-state index in [1.54, 1.807) is 12.1 Å². The molecule has 0 aliphatic heterocycles. The van der Waals surface area contributed by atoms with E-state index < -0.39 is 5.91 Å². The highest BCUT2D eigenvalue weighted by Gasteiger charge is 2.13. The molecular formula is C18H15BrN2O4. The highest BCUT2D eigenvalue weighted by molar-refractivity contribution is 9.10. The van der Waals surface area contributed by atoms with Crippen molar-refractivity contribution in [1.29, 1.82) is 5.26 Å². The lowest BCUT2D eigenvalue weighted by Crippen LogP contribution is -2.13. The second-order valence-corrected chi connectivity index (χ2v) is 5.75. The summed E-state index contributed by atoms with van der Waals surface area (Å²) in [6, 6.07) is 11.2. The fourth-order valence-electron chi connectivity index (χ4n) is 2.04. The monoisotopic (exact) mass is 402 g/mol. The van der Waals surface area contributed by atoms with Crippen LogP contribution in [0, 0.1) is 11.3 Å². The molecule has 6 nitrogen and oxygen atoms in total. The third kappa shape index (κ3) is 4.52. The zero-order valence-electron chi connectivity index (χ0n) is 13.5. The number of nitrogens with zero attached hydrogens (tertiary/aromatic N) is 1. The number of ether oxygens (including phenoxy) is 2. The molecule has 2 aromatic carbocycles. The summed E-state index contributed by atoms with van der Waals surface area (Å²) < 4.78 is 11.1. The lowest BCUT2D eigenvalue weighted by atomic mass is 10.1. The van der Waals surface area contributed by atoms with Crippen LogP contribution >= 0.6 is 15.9 Å². The number of aromatic hydroxyl groups is 1. The molecule has 1 amide bonds. The molecular weight excluding hydrogens is 388 g/mol. The lowest BCUT2D eigenvalue weighted by molar-refractivity contribution is -0.112. The Morgan fingerprint density at radius 3 is 2.40 bits per heavy atom. The summed E-state index contributed by atoms with van der Waals surface area (Å²) in [6.45, 7) is 0. The predicted molar refractivity (Wildman–Crippen MR) is 97.6 cm³/mol. The van der Waals surface area contributed by atoms with E-state index in [-0.39, 0.29) is 11.3 Å². The van der Waals surface area contributed by atoms with Gasteiger partial charge in [-0.15, -0.1) is 0 Å². The maximum Gasteiger partial charge on any atom is 0.266 e. The number of hydrogen-bond donors (Lipinski definition) is 2. The van der Waals surface area contributed by atoms with Crippen LogP contribution in [0.25, 0.3) is 6.08 Å². The molecule has 0 saturated carbocycles. The second kappa shape index (κ2) is 8.22. The highest BCUT2D eigenvalue weighted by Crippen LogP contribution is 2.34. The van der Waals surface area contributed by atoms with Crippen molar-refractivity contribution < 1.29 is 19.4 Å². The number of carbonyl (C=O) groups is 1. The van der Waals surface area contributed by atoms with Crippen molar-refractivity contribution in [1.82, 2.24) is 0 Å². The average Bonchev–Trinajstić information content (AvgIpc) is 2.61. The fraction of sp³-hybridized carbons (Fsp3) is 0.111. The summed E-state index contributed by atoms with van der Waals surface area (Å²) in [6.07, 6.45) is 1.43. The van der Waals surface area contributed by atoms with Crippen molar-refractivity contribution >= 4 is 33.6 Å². The first-order chi connectivity index (χ1) is 12.0. The number of carbonyl (C=O) groups excluding carboxylic acids is 1. The maximum absolute atomic E-state index is 12.3.